The number of alkyl carbamates (subject to hydrolysis) is 1. The molecule has 1 aromatic heterocycles. The fourth-order valence-electron chi connectivity index (χ4n) is 3.29. The number of H-pyrrole nitrogens is 1. The van der Waals surface area contributed by atoms with Crippen LogP contribution in [0.25, 0.3) is 11.0 Å². The standard InChI is InChI=1S/C25H22N4O5S/c30-21(15-35-24-27-19-11-4-5-12-20(19)28-24)26-18-10-6-9-17(13-18)22(23(31)32)29-25(33)34-14-16-7-2-1-3-8-16/h1-13,22H,14-15H2,(H,26,30)(H,27,28)(H,29,33)(H,31,32)/t22-/m0/s1. The van der Waals surface area contributed by atoms with Gasteiger partial charge >= 0.3 is 12.1 Å². The van der Waals surface area contributed by atoms with Crippen molar-refractivity contribution < 1.29 is 24.2 Å². The third-order valence-electron chi connectivity index (χ3n) is 4.93. The predicted octanol–water partition coefficient (Wildman–Crippen LogP) is 4.35. The minimum atomic E-state index is -1.35. The minimum Gasteiger partial charge on any atom is -0.479 e. The molecule has 0 radical (unpaired) electrons. The van der Waals surface area contributed by atoms with Crippen LogP contribution in [0.5, 0.6) is 0 Å². The minimum absolute atomic E-state index is 0.0119. The summed E-state index contributed by atoms with van der Waals surface area (Å²) in [7, 11) is 0. The monoisotopic (exact) mass is 490 g/mol. The molecule has 178 valence electrons. The van der Waals surface area contributed by atoms with E-state index in [1.165, 1.54) is 17.8 Å². The third kappa shape index (κ3) is 6.61. The summed E-state index contributed by atoms with van der Waals surface area (Å²) in [5.74, 6) is -1.43. The number of amides is 2. The van der Waals surface area contributed by atoms with Crippen LogP contribution in [0, 0.1) is 0 Å². The lowest BCUT2D eigenvalue weighted by atomic mass is 10.1. The van der Waals surface area contributed by atoms with E-state index in [2.05, 4.69) is 20.6 Å². The summed E-state index contributed by atoms with van der Waals surface area (Å²) in [6, 6.07) is 21.6. The maximum atomic E-state index is 12.4. The first kappa shape index (κ1) is 23.8. The molecule has 0 bridgehead atoms. The van der Waals surface area contributed by atoms with Crippen LogP contribution in [0.2, 0.25) is 0 Å². The topological polar surface area (TPSA) is 133 Å². The number of ether oxygens (including phenoxy) is 1. The highest BCUT2D eigenvalue weighted by Gasteiger charge is 2.23. The average molecular weight is 491 g/mol. The van der Waals surface area contributed by atoms with Gasteiger partial charge in [0.2, 0.25) is 5.91 Å². The number of imidazole rings is 1. The van der Waals surface area contributed by atoms with E-state index < -0.39 is 18.1 Å². The number of anilines is 1. The molecule has 10 heteroatoms. The van der Waals surface area contributed by atoms with E-state index in [-0.39, 0.29) is 23.8 Å². The Kier molecular flexibility index (Phi) is 7.63. The van der Waals surface area contributed by atoms with Crippen molar-refractivity contribution in [1.29, 1.82) is 0 Å². The van der Waals surface area contributed by atoms with Gasteiger partial charge in [0, 0.05) is 5.69 Å². The number of aromatic amines is 1. The molecule has 1 atom stereocenters. The number of carbonyl (C=O) groups is 3. The van der Waals surface area contributed by atoms with Crippen molar-refractivity contribution in [2.45, 2.75) is 17.8 Å². The fourth-order valence-corrected chi connectivity index (χ4v) is 3.98. The molecule has 0 aliphatic carbocycles. The number of carbonyl (C=O) groups excluding carboxylic acids is 2. The Labute approximate surface area is 204 Å². The number of aromatic nitrogens is 2. The second-order valence-corrected chi connectivity index (χ2v) is 8.46. The van der Waals surface area contributed by atoms with E-state index >= 15 is 0 Å². The van der Waals surface area contributed by atoms with Crippen LogP contribution in [-0.2, 0) is 20.9 Å². The van der Waals surface area contributed by atoms with Gasteiger partial charge in [-0.3, -0.25) is 4.79 Å². The zero-order chi connectivity index (χ0) is 24.6. The summed E-state index contributed by atoms with van der Waals surface area (Å²) in [5.41, 5.74) is 3.18. The van der Waals surface area contributed by atoms with Crippen molar-refractivity contribution in [3.8, 4) is 0 Å². The van der Waals surface area contributed by atoms with Crippen LogP contribution < -0.4 is 10.6 Å². The van der Waals surface area contributed by atoms with Gasteiger partial charge in [0.05, 0.1) is 16.8 Å². The highest BCUT2D eigenvalue weighted by Crippen LogP contribution is 2.21. The Bertz CT molecular complexity index is 1310. The lowest BCUT2D eigenvalue weighted by molar-refractivity contribution is -0.139. The molecule has 35 heavy (non-hydrogen) atoms. The molecule has 0 saturated carbocycles. The zero-order valence-corrected chi connectivity index (χ0v) is 19.2. The number of hydrogen-bond donors (Lipinski definition) is 4. The van der Waals surface area contributed by atoms with Crippen LogP contribution in [0.1, 0.15) is 17.2 Å². The number of para-hydroxylation sites is 2. The summed E-state index contributed by atoms with van der Waals surface area (Å²) in [6.07, 6.45) is -0.863. The van der Waals surface area contributed by atoms with Crippen LogP contribution in [0.4, 0.5) is 10.5 Å². The molecule has 0 saturated heterocycles. The number of aliphatic carboxylic acids is 1. The van der Waals surface area contributed by atoms with Gasteiger partial charge in [-0.05, 0) is 35.4 Å². The molecule has 4 rings (SSSR count). The van der Waals surface area contributed by atoms with Crippen molar-refractivity contribution >= 4 is 46.5 Å². The van der Waals surface area contributed by atoms with Crippen molar-refractivity contribution in [2.24, 2.45) is 0 Å². The smallest absolute Gasteiger partial charge is 0.408 e. The second kappa shape index (κ2) is 11.2. The third-order valence-corrected chi connectivity index (χ3v) is 5.81. The van der Waals surface area contributed by atoms with E-state index in [0.29, 0.717) is 10.8 Å². The lowest BCUT2D eigenvalue weighted by Crippen LogP contribution is -2.34. The Hall–Kier alpha value is -4.31. The largest absolute Gasteiger partial charge is 0.479 e. The zero-order valence-electron chi connectivity index (χ0n) is 18.4. The molecule has 0 aliphatic rings. The Morgan fingerprint density at radius 2 is 1.77 bits per heavy atom. The number of benzene rings is 3. The predicted molar refractivity (Wildman–Crippen MR) is 132 cm³/mol. The number of fused-ring (bicyclic) bond motifs is 1. The summed E-state index contributed by atoms with van der Waals surface area (Å²) in [5, 5.41) is 15.4. The summed E-state index contributed by atoms with van der Waals surface area (Å²) < 4.78 is 5.13. The fraction of sp³-hybridized carbons (Fsp3) is 0.120. The second-order valence-electron chi connectivity index (χ2n) is 7.50. The molecular formula is C25H22N4O5S. The van der Waals surface area contributed by atoms with E-state index in [9.17, 15) is 19.5 Å². The van der Waals surface area contributed by atoms with E-state index in [1.54, 1.807) is 30.3 Å². The van der Waals surface area contributed by atoms with Gasteiger partial charge in [-0.2, -0.15) is 0 Å². The molecule has 4 aromatic rings. The van der Waals surface area contributed by atoms with Crippen molar-refractivity contribution in [3.63, 3.8) is 0 Å². The average Bonchev–Trinajstić information content (AvgIpc) is 3.28. The Balaban J connectivity index is 1.34. The highest BCUT2D eigenvalue weighted by atomic mass is 32.2. The molecule has 0 fully saturated rings. The molecule has 3 aromatic carbocycles. The van der Waals surface area contributed by atoms with Crippen molar-refractivity contribution in [2.75, 3.05) is 11.1 Å². The number of carboxylic acid groups (broad SMARTS) is 1. The van der Waals surface area contributed by atoms with E-state index in [1.807, 2.05) is 42.5 Å². The van der Waals surface area contributed by atoms with Crippen LogP contribution >= 0.6 is 11.8 Å². The van der Waals surface area contributed by atoms with E-state index in [0.717, 1.165) is 16.6 Å². The Morgan fingerprint density at radius 3 is 2.54 bits per heavy atom. The summed E-state index contributed by atoms with van der Waals surface area (Å²) >= 11 is 1.25. The van der Waals surface area contributed by atoms with Gasteiger partial charge in [0.25, 0.3) is 0 Å². The number of thioether (sulfide) groups is 1. The van der Waals surface area contributed by atoms with Crippen molar-refractivity contribution in [1.82, 2.24) is 15.3 Å². The van der Waals surface area contributed by atoms with Crippen LogP contribution in [0.3, 0.4) is 0 Å². The quantitative estimate of drug-likeness (QED) is 0.256. The number of rotatable bonds is 9. The maximum Gasteiger partial charge on any atom is 0.408 e. The van der Waals surface area contributed by atoms with Gasteiger partial charge in [0.15, 0.2) is 11.2 Å². The Morgan fingerprint density at radius 1 is 1.00 bits per heavy atom. The lowest BCUT2D eigenvalue weighted by Gasteiger charge is -2.16. The van der Waals surface area contributed by atoms with Gasteiger partial charge in [-0.25, -0.2) is 14.6 Å². The van der Waals surface area contributed by atoms with Gasteiger partial charge in [0.1, 0.15) is 6.61 Å². The van der Waals surface area contributed by atoms with Gasteiger partial charge < -0.3 is 25.5 Å². The highest BCUT2D eigenvalue weighted by molar-refractivity contribution is 7.99. The molecular weight excluding hydrogens is 468 g/mol. The van der Waals surface area contributed by atoms with Crippen LogP contribution in [-0.4, -0.2) is 38.8 Å². The van der Waals surface area contributed by atoms with Gasteiger partial charge in [-0.1, -0.05) is 66.4 Å². The first-order chi connectivity index (χ1) is 17.0. The molecule has 0 spiro atoms. The number of nitrogens with one attached hydrogen (secondary N) is 3. The molecule has 0 aliphatic heterocycles. The molecule has 4 N–H and O–H groups in total. The molecule has 2 amide bonds. The van der Waals surface area contributed by atoms with Gasteiger partial charge in [-0.15, -0.1) is 0 Å². The molecule has 0 unspecified atom stereocenters. The first-order valence-electron chi connectivity index (χ1n) is 10.7. The summed E-state index contributed by atoms with van der Waals surface area (Å²) in [6.45, 7) is 0.0119. The maximum absolute atomic E-state index is 12.4. The number of hydrogen-bond acceptors (Lipinski definition) is 6. The number of carboxylic acids is 1. The number of nitrogens with zero attached hydrogens (tertiary/aromatic N) is 1. The summed E-state index contributed by atoms with van der Waals surface area (Å²) in [4.78, 5) is 44.0. The first-order valence-corrected chi connectivity index (χ1v) is 11.6. The normalized spacial score (nSPS) is 11.5. The molecule has 1 heterocycles. The SMILES string of the molecule is O=C(CSc1nc2ccccc2[nH]1)Nc1cccc([C@H](NC(=O)OCc2ccccc2)C(=O)O)c1. The van der Waals surface area contributed by atoms with Crippen molar-refractivity contribution in [3.05, 3.63) is 90.0 Å². The molecule has 9 nitrogen and oxygen atoms in total. The van der Waals surface area contributed by atoms with Crippen LogP contribution in [0.15, 0.2) is 84.0 Å². The van der Waals surface area contributed by atoms with E-state index in [4.69, 9.17) is 4.74 Å².